The van der Waals surface area contributed by atoms with Gasteiger partial charge in [0.1, 0.15) is 11.4 Å². The van der Waals surface area contributed by atoms with Crippen LogP contribution in [0, 0.1) is 0 Å². The summed E-state index contributed by atoms with van der Waals surface area (Å²) in [6.07, 6.45) is 1.28. The molecule has 15 heavy (non-hydrogen) atoms. The number of nitrogens with zero attached hydrogens (tertiary/aromatic N) is 1. The first-order valence-corrected chi connectivity index (χ1v) is 4.84. The zero-order valence-electron chi connectivity index (χ0n) is 9.55. The maximum Gasteiger partial charge on any atom is 0.408 e. The Labute approximate surface area is 90.0 Å². The van der Waals surface area contributed by atoms with E-state index in [9.17, 15) is 4.79 Å². The number of nitrogens with one attached hydrogen (secondary N) is 2. The molecule has 6 heteroatoms. The normalized spacial score (nSPS) is 11.1. The summed E-state index contributed by atoms with van der Waals surface area (Å²) in [5.74, 6) is 0.721. The smallest absolute Gasteiger partial charge is 0.408 e. The molecule has 1 rings (SSSR count). The molecule has 0 aromatic carbocycles. The maximum atomic E-state index is 11.3. The maximum absolute atomic E-state index is 11.3. The number of hydrogen-bond acceptors (Lipinski definition) is 3. The number of rotatable bonds is 2. The Balaban J connectivity index is 2.35. The van der Waals surface area contributed by atoms with Gasteiger partial charge in [0.15, 0.2) is 7.85 Å². The average molecular weight is 209 g/mol. The number of carbonyl (C=O) groups excluding carboxylic acids is 1. The van der Waals surface area contributed by atoms with Gasteiger partial charge in [-0.05, 0) is 26.4 Å². The predicted octanol–water partition coefficient (Wildman–Crippen LogP) is -0.307. The number of alkyl carbamates (subject to hydrolysis) is 1. The number of aromatic nitrogens is 2. The summed E-state index contributed by atoms with van der Waals surface area (Å²) in [4.78, 5) is 18.3. The molecule has 1 heterocycles. The van der Waals surface area contributed by atoms with Crippen LogP contribution in [0.25, 0.3) is 0 Å². The minimum atomic E-state index is -0.469. The van der Waals surface area contributed by atoms with Gasteiger partial charge < -0.3 is 15.0 Å². The molecule has 0 saturated carbocycles. The van der Waals surface area contributed by atoms with E-state index >= 15 is 0 Å². The van der Waals surface area contributed by atoms with Crippen molar-refractivity contribution < 1.29 is 9.53 Å². The molecule has 0 bridgehead atoms. The first-order chi connectivity index (χ1) is 6.87. The van der Waals surface area contributed by atoms with Gasteiger partial charge >= 0.3 is 6.09 Å². The van der Waals surface area contributed by atoms with E-state index in [-0.39, 0.29) is 0 Å². The predicted molar refractivity (Wildman–Crippen MR) is 59.8 cm³/mol. The number of amides is 1. The molecule has 0 unspecified atom stereocenters. The van der Waals surface area contributed by atoms with Crippen LogP contribution in [0.15, 0.2) is 6.20 Å². The summed E-state index contributed by atoms with van der Waals surface area (Å²) >= 11 is 0. The second-order valence-electron chi connectivity index (χ2n) is 4.37. The summed E-state index contributed by atoms with van der Waals surface area (Å²) in [7, 11) is 1.91. The zero-order valence-corrected chi connectivity index (χ0v) is 9.55. The molecule has 1 aromatic rings. The first kappa shape index (κ1) is 11.6. The number of H-pyrrole nitrogens is 1. The standard InChI is InChI=1S/C9H16BN3O2/c1-9(2,3)15-8(14)12-5-7-11-4-6(10)13-7/h4H,5,10H2,1-3H3,(H,11,13)(H,12,14). The van der Waals surface area contributed by atoms with Gasteiger partial charge in [0.25, 0.3) is 0 Å². The Bertz CT molecular complexity index is 343. The van der Waals surface area contributed by atoms with Crippen molar-refractivity contribution in [2.75, 3.05) is 0 Å². The largest absolute Gasteiger partial charge is 0.444 e. The third-order valence-electron chi connectivity index (χ3n) is 1.55. The summed E-state index contributed by atoms with van der Waals surface area (Å²) in [5, 5.41) is 2.61. The second kappa shape index (κ2) is 4.38. The first-order valence-electron chi connectivity index (χ1n) is 4.84. The van der Waals surface area contributed by atoms with Crippen molar-refractivity contribution in [2.24, 2.45) is 0 Å². The van der Waals surface area contributed by atoms with Crippen LogP contribution >= 0.6 is 0 Å². The molecule has 0 aliphatic rings. The topological polar surface area (TPSA) is 67.0 Å². The van der Waals surface area contributed by atoms with Gasteiger partial charge in [-0.15, -0.1) is 0 Å². The van der Waals surface area contributed by atoms with E-state index in [4.69, 9.17) is 4.74 Å². The van der Waals surface area contributed by atoms with Crippen LogP contribution < -0.4 is 10.9 Å². The molecule has 0 radical (unpaired) electrons. The molecule has 0 atom stereocenters. The van der Waals surface area contributed by atoms with E-state index in [1.54, 1.807) is 6.20 Å². The van der Waals surface area contributed by atoms with E-state index in [2.05, 4.69) is 15.3 Å². The minimum Gasteiger partial charge on any atom is -0.444 e. The molecular formula is C9H16BN3O2. The molecule has 1 aromatic heterocycles. The molecule has 2 N–H and O–H groups in total. The molecule has 0 saturated heterocycles. The van der Waals surface area contributed by atoms with Crippen molar-refractivity contribution in [3.05, 3.63) is 12.0 Å². The zero-order chi connectivity index (χ0) is 11.5. The molecule has 5 nitrogen and oxygen atoms in total. The number of ether oxygens (including phenoxy) is 1. The van der Waals surface area contributed by atoms with Crippen LogP contribution in [0.2, 0.25) is 0 Å². The van der Waals surface area contributed by atoms with Gasteiger partial charge in [0.05, 0.1) is 6.54 Å². The number of aromatic amines is 1. The second-order valence-corrected chi connectivity index (χ2v) is 4.37. The lowest BCUT2D eigenvalue weighted by molar-refractivity contribution is 0.0522. The highest BCUT2D eigenvalue weighted by molar-refractivity contribution is 6.30. The lowest BCUT2D eigenvalue weighted by Gasteiger charge is -2.19. The Kier molecular flexibility index (Phi) is 3.39. The van der Waals surface area contributed by atoms with Crippen LogP contribution in [-0.2, 0) is 11.3 Å². The fraction of sp³-hybridized carbons (Fsp3) is 0.556. The van der Waals surface area contributed by atoms with Gasteiger partial charge in [-0.1, -0.05) is 0 Å². The summed E-state index contributed by atoms with van der Waals surface area (Å²) < 4.78 is 5.07. The van der Waals surface area contributed by atoms with Crippen LogP contribution in [-0.4, -0.2) is 29.5 Å². The number of carbonyl (C=O) groups is 1. The fourth-order valence-corrected chi connectivity index (χ4v) is 1.03. The Morgan fingerprint density at radius 1 is 1.67 bits per heavy atom. The third kappa shape index (κ3) is 4.53. The quantitative estimate of drug-likeness (QED) is 0.656. The molecule has 1 amide bonds. The van der Waals surface area contributed by atoms with E-state index in [0.717, 1.165) is 11.4 Å². The Morgan fingerprint density at radius 2 is 2.33 bits per heavy atom. The SMILES string of the molecule is Bc1cnc(CNC(=O)OC(C)(C)C)[nH]1. The lowest BCUT2D eigenvalue weighted by atomic mass is 10.1. The summed E-state index contributed by atoms with van der Waals surface area (Å²) in [6, 6.07) is 0. The van der Waals surface area contributed by atoms with Crippen molar-refractivity contribution in [3.8, 4) is 0 Å². The van der Waals surface area contributed by atoms with Gasteiger partial charge in [0, 0.05) is 6.20 Å². The highest BCUT2D eigenvalue weighted by Crippen LogP contribution is 2.06. The molecule has 0 spiro atoms. The van der Waals surface area contributed by atoms with E-state index in [1.165, 1.54) is 0 Å². The van der Waals surface area contributed by atoms with Crippen molar-refractivity contribution in [2.45, 2.75) is 32.9 Å². The molecule has 82 valence electrons. The Morgan fingerprint density at radius 3 is 2.80 bits per heavy atom. The van der Waals surface area contributed by atoms with Crippen molar-refractivity contribution in [1.82, 2.24) is 15.3 Å². The van der Waals surface area contributed by atoms with E-state index in [0.29, 0.717) is 6.54 Å². The van der Waals surface area contributed by atoms with Crippen LogP contribution in [0.1, 0.15) is 26.6 Å². The number of imidazole rings is 1. The molecular weight excluding hydrogens is 193 g/mol. The highest BCUT2D eigenvalue weighted by atomic mass is 16.6. The molecule has 0 aliphatic heterocycles. The summed E-state index contributed by atoms with van der Waals surface area (Å²) in [6.45, 7) is 5.82. The van der Waals surface area contributed by atoms with E-state index in [1.807, 2.05) is 28.6 Å². The van der Waals surface area contributed by atoms with Crippen molar-refractivity contribution in [1.29, 1.82) is 0 Å². The van der Waals surface area contributed by atoms with E-state index < -0.39 is 11.7 Å². The molecule has 0 fully saturated rings. The third-order valence-corrected chi connectivity index (χ3v) is 1.55. The Hall–Kier alpha value is -1.46. The number of hydrogen-bond donors (Lipinski definition) is 2. The van der Waals surface area contributed by atoms with Gasteiger partial charge in [-0.3, -0.25) is 0 Å². The fourth-order valence-electron chi connectivity index (χ4n) is 1.03. The molecule has 0 aliphatic carbocycles. The van der Waals surface area contributed by atoms with Gasteiger partial charge in [0.2, 0.25) is 0 Å². The van der Waals surface area contributed by atoms with Crippen LogP contribution in [0.3, 0.4) is 0 Å². The van der Waals surface area contributed by atoms with Gasteiger partial charge in [-0.2, -0.15) is 0 Å². The highest BCUT2D eigenvalue weighted by Gasteiger charge is 2.15. The van der Waals surface area contributed by atoms with Crippen LogP contribution in [0.4, 0.5) is 4.79 Å². The lowest BCUT2D eigenvalue weighted by Crippen LogP contribution is -2.32. The minimum absolute atomic E-state index is 0.350. The monoisotopic (exact) mass is 209 g/mol. The van der Waals surface area contributed by atoms with Crippen molar-refractivity contribution in [3.63, 3.8) is 0 Å². The van der Waals surface area contributed by atoms with Crippen LogP contribution in [0.5, 0.6) is 0 Å². The van der Waals surface area contributed by atoms with Crippen molar-refractivity contribution >= 4 is 19.5 Å². The average Bonchev–Trinajstić information content (AvgIpc) is 2.45. The summed E-state index contributed by atoms with van der Waals surface area (Å²) in [5.41, 5.74) is 0.499. The van der Waals surface area contributed by atoms with Gasteiger partial charge in [-0.25, -0.2) is 9.78 Å².